The minimum Gasteiger partial charge on any atom is -0.399 e. The molecule has 0 fully saturated rings. The van der Waals surface area contributed by atoms with Crippen LogP contribution in [0.2, 0.25) is 0 Å². The molecule has 0 saturated heterocycles. The predicted octanol–water partition coefficient (Wildman–Crippen LogP) is 2.03. The fourth-order valence-electron chi connectivity index (χ4n) is 1.66. The number of benzene rings is 1. The van der Waals surface area contributed by atoms with Crippen molar-refractivity contribution in [3.8, 4) is 0 Å². The molecule has 0 heterocycles. The quantitative estimate of drug-likeness (QED) is 0.497. The van der Waals surface area contributed by atoms with Crippen molar-refractivity contribution in [3.63, 3.8) is 0 Å². The van der Waals surface area contributed by atoms with Gasteiger partial charge in [0.15, 0.2) is 0 Å². The summed E-state index contributed by atoms with van der Waals surface area (Å²) in [4.78, 5) is 0. The summed E-state index contributed by atoms with van der Waals surface area (Å²) in [5, 5.41) is 0. The monoisotopic (exact) mass is 283 g/mol. The Morgan fingerprint density at radius 3 is 2.30 bits per heavy atom. The summed E-state index contributed by atoms with van der Waals surface area (Å²) in [6.45, 7) is 5.47. The van der Waals surface area contributed by atoms with E-state index in [0.717, 1.165) is 11.3 Å². The van der Waals surface area contributed by atoms with Gasteiger partial charge in [0.1, 0.15) is 0 Å². The van der Waals surface area contributed by atoms with Gasteiger partial charge >= 0.3 is 0 Å². The third-order valence-corrected chi connectivity index (χ3v) is 2.78. The first-order valence-corrected chi connectivity index (χ1v) is 6.85. The summed E-state index contributed by atoms with van der Waals surface area (Å²) >= 11 is 0. The largest absolute Gasteiger partial charge is 0.399 e. The lowest BCUT2D eigenvalue weighted by Gasteiger charge is -2.14. The molecule has 1 unspecified atom stereocenters. The molecule has 1 aromatic carbocycles. The van der Waals surface area contributed by atoms with Gasteiger partial charge in [-0.05, 0) is 24.6 Å². The van der Waals surface area contributed by atoms with Crippen LogP contribution in [0.1, 0.15) is 18.6 Å². The average molecular weight is 283 g/mol. The standard InChI is InChI=1S/C15H25NO4/c1-13(14-4-3-5-15(16)12-14)20-11-10-19-9-8-18-7-6-17-2/h3-5,12-13H,6-11,16H2,1-2H3. The number of rotatable bonds is 11. The Hall–Kier alpha value is -1.14. The Balaban J connectivity index is 2.01. The molecule has 114 valence electrons. The molecule has 5 nitrogen and oxygen atoms in total. The molecule has 2 N–H and O–H groups in total. The Morgan fingerprint density at radius 2 is 1.65 bits per heavy atom. The van der Waals surface area contributed by atoms with Gasteiger partial charge in [-0.25, -0.2) is 0 Å². The minimum atomic E-state index is 0.0139. The summed E-state index contributed by atoms with van der Waals surface area (Å²) in [5.41, 5.74) is 7.57. The third kappa shape index (κ3) is 7.45. The van der Waals surface area contributed by atoms with E-state index in [9.17, 15) is 0 Å². The van der Waals surface area contributed by atoms with Crippen molar-refractivity contribution < 1.29 is 18.9 Å². The zero-order valence-electron chi connectivity index (χ0n) is 12.3. The van der Waals surface area contributed by atoms with E-state index in [4.69, 9.17) is 24.7 Å². The Labute approximate surface area is 121 Å². The maximum absolute atomic E-state index is 5.74. The van der Waals surface area contributed by atoms with E-state index in [1.165, 1.54) is 0 Å². The minimum absolute atomic E-state index is 0.0139. The Kier molecular flexibility index (Phi) is 8.98. The number of methoxy groups -OCH3 is 1. The zero-order chi connectivity index (χ0) is 14.6. The molecule has 5 heteroatoms. The molecule has 0 radical (unpaired) electrons. The van der Waals surface area contributed by atoms with Gasteiger partial charge in [-0.3, -0.25) is 0 Å². The van der Waals surface area contributed by atoms with Crippen molar-refractivity contribution in [2.45, 2.75) is 13.0 Å². The van der Waals surface area contributed by atoms with Crippen LogP contribution in [0.5, 0.6) is 0 Å². The van der Waals surface area contributed by atoms with Crippen LogP contribution in [0.3, 0.4) is 0 Å². The molecule has 1 atom stereocenters. The SMILES string of the molecule is COCCOCCOCCOC(C)c1cccc(N)c1. The van der Waals surface area contributed by atoms with Gasteiger partial charge in [0.2, 0.25) is 0 Å². The van der Waals surface area contributed by atoms with Gasteiger partial charge in [0.25, 0.3) is 0 Å². The molecule has 0 aliphatic rings. The van der Waals surface area contributed by atoms with Gasteiger partial charge in [-0.1, -0.05) is 12.1 Å². The molecule has 1 aromatic rings. The third-order valence-electron chi connectivity index (χ3n) is 2.78. The molecular formula is C15H25NO4. The van der Waals surface area contributed by atoms with E-state index < -0.39 is 0 Å². The number of nitrogens with two attached hydrogens (primary N) is 1. The number of hydrogen-bond acceptors (Lipinski definition) is 5. The van der Waals surface area contributed by atoms with Gasteiger partial charge in [0.05, 0.1) is 45.7 Å². The van der Waals surface area contributed by atoms with Gasteiger partial charge in [-0.15, -0.1) is 0 Å². The Bertz CT molecular complexity index is 359. The molecule has 1 rings (SSSR count). The first-order valence-electron chi connectivity index (χ1n) is 6.85. The second-order valence-electron chi connectivity index (χ2n) is 4.40. The number of ether oxygens (including phenoxy) is 4. The fourth-order valence-corrected chi connectivity index (χ4v) is 1.66. The van der Waals surface area contributed by atoms with Crippen LogP contribution in [-0.4, -0.2) is 46.8 Å². The van der Waals surface area contributed by atoms with E-state index in [1.54, 1.807) is 7.11 Å². The zero-order valence-corrected chi connectivity index (χ0v) is 12.3. The molecule has 0 spiro atoms. The van der Waals surface area contributed by atoms with Crippen molar-refractivity contribution >= 4 is 5.69 Å². The van der Waals surface area contributed by atoms with E-state index >= 15 is 0 Å². The molecule has 0 aliphatic heterocycles. The summed E-state index contributed by atoms with van der Waals surface area (Å²) in [5.74, 6) is 0. The van der Waals surface area contributed by atoms with Crippen LogP contribution >= 0.6 is 0 Å². The van der Waals surface area contributed by atoms with Crippen LogP contribution in [-0.2, 0) is 18.9 Å². The van der Waals surface area contributed by atoms with Gasteiger partial charge < -0.3 is 24.7 Å². The number of hydrogen-bond donors (Lipinski definition) is 1. The van der Waals surface area contributed by atoms with Crippen LogP contribution in [0.4, 0.5) is 5.69 Å². The second-order valence-corrected chi connectivity index (χ2v) is 4.40. The average Bonchev–Trinajstić information content (AvgIpc) is 2.45. The normalized spacial score (nSPS) is 12.5. The van der Waals surface area contributed by atoms with Crippen molar-refractivity contribution in [2.24, 2.45) is 0 Å². The first-order chi connectivity index (χ1) is 9.74. The van der Waals surface area contributed by atoms with Crippen LogP contribution in [0, 0.1) is 0 Å². The van der Waals surface area contributed by atoms with Gasteiger partial charge in [0, 0.05) is 12.8 Å². The van der Waals surface area contributed by atoms with E-state index in [0.29, 0.717) is 39.6 Å². The van der Waals surface area contributed by atoms with Crippen LogP contribution < -0.4 is 5.73 Å². The molecule has 0 bridgehead atoms. The predicted molar refractivity (Wildman–Crippen MR) is 78.7 cm³/mol. The molecule has 0 amide bonds. The van der Waals surface area contributed by atoms with E-state index in [-0.39, 0.29) is 6.10 Å². The lowest BCUT2D eigenvalue weighted by molar-refractivity contribution is -0.0125. The lowest BCUT2D eigenvalue weighted by Crippen LogP contribution is -2.12. The summed E-state index contributed by atoms with van der Waals surface area (Å²) < 4.78 is 21.2. The highest BCUT2D eigenvalue weighted by Crippen LogP contribution is 2.18. The van der Waals surface area contributed by atoms with Gasteiger partial charge in [-0.2, -0.15) is 0 Å². The highest BCUT2D eigenvalue weighted by molar-refractivity contribution is 5.41. The molecule has 0 aliphatic carbocycles. The highest BCUT2D eigenvalue weighted by Gasteiger charge is 2.05. The second kappa shape index (κ2) is 10.6. The van der Waals surface area contributed by atoms with Crippen molar-refractivity contribution in [2.75, 3.05) is 52.5 Å². The molecular weight excluding hydrogens is 258 g/mol. The highest BCUT2D eigenvalue weighted by atomic mass is 16.6. The van der Waals surface area contributed by atoms with E-state index in [1.807, 2.05) is 31.2 Å². The topological polar surface area (TPSA) is 62.9 Å². The smallest absolute Gasteiger partial charge is 0.0798 e. The van der Waals surface area contributed by atoms with E-state index in [2.05, 4.69) is 0 Å². The molecule has 0 saturated carbocycles. The Morgan fingerprint density at radius 1 is 1.00 bits per heavy atom. The first kappa shape index (κ1) is 16.9. The van der Waals surface area contributed by atoms with Crippen molar-refractivity contribution in [1.82, 2.24) is 0 Å². The number of anilines is 1. The van der Waals surface area contributed by atoms with Crippen molar-refractivity contribution in [1.29, 1.82) is 0 Å². The summed E-state index contributed by atoms with van der Waals surface area (Å²) in [6, 6.07) is 7.72. The fraction of sp³-hybridized carbons (Fsp3) is 0.600. The lowest BCUT2D eigenvalue weighted by atomic mass is 10.1. The van der Waals surface area contributed by atoms with Crippen LogP contribution in [0.25, 0.3) is 0 Å². The number of nitrogen functional groups attached to an aromatic ring is 1. The van der Waals surface area contributed by atoms with Crippen molar-refractivity contribution in [3.05, 3.63) is 29.8 Å². The molecule has 0 aromatic heterocycles. The maximum atomic E-state index is 5.74. The van der Waals surface area contributed by atoms with Crippen LogP contribution in [0.15, 0.2) is 24.3 Å². The summed E-state index contributed by atoms with van der Waals surface area (Å²) in [7, 11) is 1.65. The maximum Gasteiger partial charge on any atom is 0.0798 e. The molecule has 20 heavy (non-hydrogen) atoms. The summed E-state index contributed by atoms with van der Waals surface area (Å²) in [6.07, 6.45) is 0.0139.